The third-order valence-electron chi connectivity index (χ3n) is 3.11. The molecule has 0 amide bonds. The Balaban J connectivity index is 1.96. The maximum Gasteiger partial charge on any atom is 0.175 e. The molecule has 0 bridgehead atoms. The van der Waals surface area contributed by atoms with Crippen molar-refractivity contribution in [2.24, 2.45) is 10.9 Å². The highest BCUT2D eigenvalue weighted by Gasteiger charge is 2.14. The number of ether oxygens (including phenoxy) is 2. The minimum Gasteiger partial charge on any atom is -0.491 e. The summed E-state index contributed by atoms with van der Waals surface area (Å²) in [6.45, 7) is 4.63. The summed E-state index contributed by atoms with van der Waals surface area (Å²) in [5.74, 6) is 0.457. The topological polar surface area (TPSA) is 80.3 Å². The summed E-state index contributed by atoms with van der Waals surface area (Å²) < 4.78 is 11.0. The van der Waals surface area contributed by atoms with Crippen molar-refractivity contribution < 1.29 is 14.7 Å². The average Bonchev–Trinajstić information content (AvgIpc) is 2.48. The maximum atomic E-state index is 8.79. The van der Waals surface area contributed by atoms with E-state index >= 15 is 0 Å². The Bertz CT molecular complexity index is 476. The summed E-state index contributed by atoms with van der Waals surface area (Å²) in [7, 11) is 0. The number of morpholine rings is 1. The van der Waals surface area contributed by atoms with E-state index in [0.29, 0.717) is 22.9 Å². The van der Waals surface area contributed by atoms with Gasteiger partial charge < -0.3 is 20.4 Å². The monoisotopic (exact) mass is 299 g/mol. The van der Waals surface area contributed by atoms with Gasteiger partial charge in [0.05, 0.1) is 23.8 Å². The van der Waals surface area contributed by atoms with Crippen molar-refractivity contribution in [2.75, 3.05) is 39.5 Å². The van der Waals surface area contributed by atoms with Gasteiger partial charge in [-0.1, -0.05) is 22.8 Å². The fraction of sp³-hybridized carbons (Fsp3) is 0.462. The lowest BCUT2D eigenvalue weighted by Crippen LogP contribution is -2.38. The number of hydrogen-bond acceptors (Lipinski definition) is 5. The quantitative estimate of drug-likeness (QED) is 0.369. The highest BCUT2D eigenvalue weighted by Crippen LogP contribution is 2.26. The molecule has 0 aromatic heterocycles. The molecule has 0 spiro atoms. The second-order valence-corrected chi connectivity index (χ2v) is 4.81. The van der Waals surface area contributed by atoms with E-state index in [2.05, 4.69) is 10.1 Å². The van der Waals surface area contributed by atoms with Gasteiger partial charge in [-0.2, -0.15) is 0 Å². The van der Waals surface area contributed by atoms with Crippen LogP contribution in [0.4, 0.5) is 0 Å². The Kier molecular flexibility index (Phi) is 5.46. The number of nitrogens with two attached hydrogens (primary N) is 1. The van der Waals surface area contributed by atoms with Crippen LogP contribution in [0, 0.1) is 0 Å². The Hall–Kier alpha value is -1.50. The van der Waals surface area contributed by atoms with Crippen molar-refractivity contribution in [2.45, 2.75) is 0 Å². The van der Waals surface area contributed by atoms with Crippen LogP contribution in [-0.2, 0) is 4.74 Å². The SMILES string of the molecule is N/C(=N/O)c1c(Cl)cccc1OCCN1CCOCC1. The van der Waals surface area contributed by atoms with Crippen LogP contribution in [-0.4, -0.2) is 55.4 Å². The molecule has 1 aliphatic heterocycles. The molecule has 1 aliphatic rings. The third kappa shape index (κ3) is 3.75. The van der Waals surface area contributed by atoms with E-state index in [0.717, 1.165) is 32.8 Å². The molecule has 1 saturated heterocycles. The van der Waals surface area contributed by atoms with Gasteiger partial charge in [-0.05, 0) is 12.1 Å². The van der Waals surface area contributed by atoms with E-state index in [-0.39, 0.29) is 5.84 Å². The second kappa shape index (κ2) is 7.33. The lowest BCUT2D eigenvalue weighted by Gasteiger charge is -2.26. The van der Waals surface area contributed by atoms with Crippen LogP contribution >= 0.6 is 11.6 Å². The van der Waals surface area contributed by atoms with Crippen LogP contribution in [0.1, 0.15) is 5.56 Å². The molecule has 1 heterocycles. The zero-order valence-electron chi connectivity index (χ0n) is 11.1. The van der Waals surface area contributed by atoms with Gasteiger partial charge in [0, 0.05) is 19.6 Å². The van der Waals surface area contributed by atoms with E-state index in [1.165, 1.54) is 0 Å². The maximum absolute atomic E-state index is 8.79. The standard InChI is InChI=1S/C13H18ClN3O3/c14-10-2-1-3-11(12(10)13(15)16-18)20-9-6-17-4-7-19-8-5-17/h1-3,18H,4-9H2,(H2,15,16). The van der Waals surface area contributed by atoms with Crippen LogP contribution in [0.25, 0.3) is 0 Å². The zero-order valence-corrected chi connectivity index (χ0v) is 11.8. The molecule has 1 aromatic carbocycles. The Morgan fingerprint density at radius 1 is 1.45 bits per heavy atom. The molecule has 0 saturated carbocycles. The van der Waals surface area contributed by atoms with Crippen molar-refractivity contribution >= 4 is 17.4 Å². The highest BCUT2D eigenvalue weighted by molar-refractivity contribution is 6.34. The number of oxime groups is 1. The predicted molar refractivity (Wildman–Crippen MR) is 76.7 cm³/mol. The first-order valence-corrected chi connectivity index (χ1v) is 6.79. The molecule has 0 unspecified atom stereocenters. The second-order valence-electron chi connectivity index (χ2n) is 4.40. The number of hydrogen-bond donors (Lipinski definition) is 2. The molecule has 20 heavy (non-hydrogen) atoms. The number of halogens is 1. The van der Waals surface area contributed by atoms with E-state index < -0.39 is 0 Å². The Morgan fingerprint density at radius 2 is 2.20 bits per heavy atom. The van der Waals surface area contributed by atoms with Gasteiger partial charge in [0.2, 0.25) is 0 Å². The number of benzene rings is 1. The van der Waals surface area contributed by atoms with Crippen LogP contribution in [0.15, 0.2) is 23.4 Å². The fourth-order valence-electron chi connectivity index (χ4n) is 2.03. The molecule has 2 rings (SSSR count). The third-order valence-corrected chi connectivity index (χ3v) is 3.42. The summed E-state index contributed by atoms with van der Waals surface area (Å²) in [6.07, 6.45) is 0. The van der Waals surface area contributed by atoms with Gasteiger partial charge >= 0.3 is 0 Å². The summed E-state index contributed by atoms with van der Waals surface area (Å²) in [4.78, 5) is 2.26. The van der Waals surface area contributed by atoms with Crippen LogP contribution in [0.3, 0.4) is 0 Å². The molecule has 110 valence electrons. The Morgan fingerprint density at radius 3 is 2.90 bits per heavy atom. The first kappa shape index (κ1) is 14.9. The minimum atomic E-state index is -0.0584. The molecule has 1 aromatic rings. The molecule has 0 radical (unpaired) electrons. The summed E-state index contributed by atoms with van der Waals surface area (Å²) in [5, 5.41) is 12.2. The first-order valence-electron chi connectivity index (χ1n) is 6.41. The molecule has 0 atom stereocenters. The van der Waals surface area contributed by atoms with Crippen molar-refractivity contribution in [3.63, 3.8) is 0 Å². The Labute approximate surface area is 122 Å². The molecule has 1 fully saturated rings. The van der Waals surface area contributed by atoms with E-state index in [1.807, 2.05) is 0 Å². The van der Waals surface area contributed by atoms with Gasteiger partial charge in [0.15, 0.2) is 5.84 Å². The van der Waals surface area contributed by atoms with E-state index in [9.17, 15) is 0 Å². The normalized spacial score (nSPS) is 17.1. The lowest BCUT2D eigenvalue weighted by molar-refractivity contribution is 0.0322. The highest BCUT2D eigenvalue weighted by atomic mass is 35.5. The molecule has 0 aliphatic carbocycles. The number of amidine groups is 1. The lowest BCUT2D eigenvalue weighted by atomic mass is 10.2. The molecule has 6 nitrogen and oxygen atoms in total. The average molecular weight is 300 g/mol. The molecule has 3 N–H and O–H groups in total. The zero-order chi connectivity index (χ0) is 14.4. The van der Waals surface area contributed by atoms with Crippen molar-refractivity contribution in [1.29, 1.82) is 0 Å². The van der Waals surface area contributed by atoms with Crippen molar-refractivity contribution in [3.8, 4) is 5.75 Å². The van der Waals surface area contributed by atoms with Crippen molar-refractivity contribution in [3.05, 3.63) is 28.8 Å². The van der Waals surface area contributed by atoms with Gasteiger partial charge in [-0.25, -0.2) is 0 Å². The summed E-state index contributed by atoms with van der Waals surface area (Å²) in [6, 6.07) is 5.18. The van der Waals surface area contributed by atoms with Gasteiger partial charge in [0.25, 0.3) is 0 Å². The summed E-state index contributed by atoms with van der Waals surface area (Å²) >= 11 is 6.05. The fourth-order valence-corrected chi connectivity index (χ4v) is 2.30. The van der Waals surface area contributed by atoms with Gasteiger partial charge in [-0.3, -0.25) is 4.90 Å². The predicted octanol–water partition coefficient (Wildman–Crippen LogP) is 1.15. The number of nitrogens with zero attached hydrogens (tertiary/aromatic N) is 2. The summed E-state index contributed by atoms with van der Waals surface area (Å²) in [5.41, 5.74) is 6.03. The smallest absolute Gasteiger partial charge is 0.175 e. The van der Waals surface area contributed by atoms with E-state index in [1.54, 1.807) is 18.2 Å². The van der Waals surface area contributed by atoms with Crippen LogP contribution in [0.5, 0.6) is 5.75 Å². The number of rotatable bonds is 5. The molecule has 7 heteroatoms. The largest absolute Gasteiger partial charge is 0.491 e. The van der Waals surface area contributed by atoms with Crippen molar-refractivity contribution in [1.82, 2.24) is 4.90 Å². The molecular formula is C13H18ClN3O3. The van der Waals surface area contributed by atoms with Gasteiger partial charge in [0.1, 0.15) is 12.4 Å². The van der Waals surface area contributed by atoms with Gasteiger partial charge in [-0.15, -0.1) is 0 Å². The van der Waals surface area contributed by atoms with Crippen LogP contribution < -0.4 is 10.5 Å². The van der Waals surface area contributed by atoms with E-state index in [4.69, 9.17) is 32.0 Å². The first-order chi connectivity index (χ1) is 9.72. The molecular weight excluding hydrogens is 282 g/mol. The van der Waals surface area contributed by atoms with Crippen LogP contribution in [0.2, 0.25) is 5.02 Å². The minimum absolute atomic E-state index is 0.0584.